The van der Waals surface area contributed by atoms with E-state index in [4.69, 9.17) is 4.74 Å². The lowest BCUT2D eigenvalue weighted by Gasteiger charge is -2.27. The Morgan fingerprint density at radius 3 is 2.68 bits per heavy atom. The zero-order chi connectivity index (χ0) is 16.3. The van der Waals surface area contributed by atoms with Crippen LogP contribution in [0.15, 0.2) is 12.4 Å². The monoisotopic (exact) mass is 308 g/mol. The molecule has 0 spiro atoms. The van der Waals surface area contributed by atoms with Crippen LogP contribution in [-0.2, 0) is 11.8 Å². The van der Waals surface area contributed by atoms with Crippen LogP contribution in [0.4, 0.5) is 4.79 Å². The summed E-state index contributed by atoms with van der Waals surface area (Å²) in [6.45, 7) is 7.75. The maximum atomic E-state index is 11.9. The quantitative estimate of drug-likeness (QED) is 0.897. The molecule has 1 saturated carbocycles. The number of nitrogens with one attached hydrogen (secondary N) is 2. The van der Waals surface area contributed by atoms with Crippen LogP contribution in [0, 0.1) is 0 Å². The fourth-order valence-electron chi connectivity index (χ4n) is 2.87. The van der Waals surface area contributed by atoms with E-state index in [1.54, 1.807) is 4.68 Å². The van der Waals surface area contributed by atoms with Crippen molar-refractivity contribution in [1.82, 2.24) is 20.4 Å². The lowest BCUT2D eigenvalue weighted by Crippen LogP contribution is -2.48. The van der Waals surface area contributed by atoms with Gasteiger partial charge in [-0.1, -0.05) is 0 Å². The number of rotatable bonds is 4. The molecule has 1 fully saturated rings. The predicted octanol–water partition coefficient (Wildman–Crippen LogP) is 2.52. The third-order valence-electron chi connectivity index (χ3n) is 3.91. The van der Waals surface area contributed by atoms with Crippen LogP contribution in [0.25, 0.3) is 0 Å². The predicted molar refractivity (Wildman–Crippen MR) is 85.6 cm³/mol. The molecule has 2 rings (SSSR count). The number of carbonyl (C=O) groups is 1. The summed E-state index contributed by atoms with van der Waals surface area (Å²) in [4.78, 5) is 11.9. The molecule has 1 amide bonds. The van der Waals surface area contributed by atoms with Crippen molar-refractivity contribution < 1.29 is 9.53 Å². The second-order valence-electron chi connectivity index (χ2n) is 7.13. The van der Waals surface area contributed by atoms with Crippen LogP contribution in [-0.4, -0.2) is 33.6 Å². The first-order valence-corrected chi connectivity index (χ1v) is 7.99. The minimum absolute atomic E-state index is 0.119. The first kappa shape index (κ1) is 16.8. The van der Waals surface area contributed by atoms with Crippen molar-refractivity contribution in [1.29, 1.82) is 0 Å². The molecule has 3 unspecified atom stereocenters. The third-order valence-corrected chi connectivity index (χ3v) is 3.91. The topological polar surface area (TPSA) is 68.2 Å². The molecular formula is C16H28N4O2. The van der Waals surface area contributed by atoms with Gasteiger partial charge in [0.2, 0.25) is 0 Å². The number of aromatic nitrogens is 2. The molecule has 6 heteroatoms. The average molecular weight is 308 g/mol. The second-order valence-corrected chi connectivity index (χ2v) is 7.13. The van der Waals surface area contributed by atoms with Gasteiger partial charge < -0.3 is 15.4 Å². The highest BCUT2D eigenvalue weighted by atomic mass is 16.6. The molecule has 0 radical (unpaired) electrons. The van der Waals surface area contributed by atoms with Crippen LogP contribution < -0.4 is 10.6 Å². The van der Waals surface area contributed by atoms with E-state index in [-0.39, 0.29) is 24.2 Å². The Labute approximate surface area is 132 Å². The van der Waals surface area contributed by atoms with Crippen molar-refractivity contribution in [2.24, 2.45) is 7.05 Å². The van der Waals surface area contributed by atoms with Crippen LogP contribution in [0.3, 0.4) is 0 Å². The van der Waals surface area contributed by atoms with Crippen LogP contribution >= 0.6 is 0 Å². The number of ether oxygens (including phenoxy) is 1. The van der Waals surface area contributed by atoms with Gasteiger partial charge in [0.05, 0.1) is 6.20 Å². The Morgan fingerprint density at radius 1 is 1.41 bits per heavy atom. The summed E-state index contributed by atoms with van der Waals surface area (Å²) in [6.07, 6.45) is 6.71. The van der Waals surface area contributed by atoms with Gasteiger partial charge in [-0.05, 0) is 47.0 Å². The highest BCUT2D eigenvalue weighted by molar-refractivity contribution is 5.68. The van der Waals surface area contributed by atoms with Gasteiger partial charge in [-0.25, -0.2) is 4.79 Å². The van der Waals surface area contributed by atoms with E-state index >= 15 is 0 Å². The van der Waals surface area contributed by atoms with E-state index in [0.717, 1.165) is 24.8 Å². The van der Waals surface area contributed by atoms with Crippen LogP contribution in [0.1, 0.15) is 58.6 Å². The molecule has 124 valence electrons. The molecule has 3 atom stereocenters. The highest BCUT2D eigenvalue weighted by Crippen LogP contribution is 2.23. The van der Waals surface area contributed by atoms with Gasteiger partial charge in [-0.15, -0.1) is 0 Å². The maximum absolute atomic E-state index is 11.9. The van der Waals surface area contributed by atoms with Crippen LogP contribution in [0.2, 0.25) is 0 Å². The fourth-order valence-corrected chi connectivity index (χ4v) is 2.87. The van der Waals surface area contributed by atoms with Crippen molar-refractivity contribution in [3.05, 3.63) is 18.0 Å². The largest absolute Gasteiger partial charge is 0.444 e. The lowest BCUT2D eigenvalue weighted by atomic mass is 10.1. The average Bonchev–Trinajstić information content (AvgIpc) is 2.97. The maximum Gasteiger partial charge on any atom is 0.407 e. The number of hydrogen-bond donors (Lipinski definition) is 2. The highest BCUT2D eigenvalue weighted by Gasteiger charge is 2.31. The molecule has 1 aromatic heterocycles. The molecular weight excluding hydrogens is 280 g/mol. The third kappa shape index (κ3) is 4.73. The molecule has 0 saturated heterocycles. The fraction of sp³-hybridized carbons (Fsp3) is 0.750. The number of amides is 1. The van der Waals surface area contributed by atoms with Gasteiger partial charge in [0.1, 0.15) is 5.60 Å². The molecule has 0 aliphatic heterocycles. The standard InChI is InChI=1S/C16H28N4O2/c1-11(12-9-17-20(5)10-12)18-13-7-6-8-14(13)19-15(21)22-16(2,3)4/h9-11,13-14,18H,6-8H2,1-5H3,(H,19,21). The molecule has 1 heterocycles. The van der Waals surface area contributed by atoms with Crippen molar-refractivity contribution in [2.75, 3.05) is 0 Å². The summed E-state index contributed by atoms with van der Waals surface area (Å²) in [7, 11) is 1.92. The van der Waals surface area contributed by atoms with Crippen molar-refractivity contribution in [2.45, 2.75) is 70.7 Å². The molecule has 1 aliphatic carbocycles. The zero-order valence-electron chi connectivity index (χ0n) is 14.2. The molecule has 1 aromatic rings. The second kappa shape index (κ2) is 6.69. The van der Waals surface area contributed by atoms with E-state index in [0.29, 0.717) is 0 Å². The van der Waals surface area contributed by atoms with Gasteiger partial charge in [-0.3, -0.25) is 4.68 Å². The number of alkyl carbamates (subject to hydrolysis) is 1. The van der Waals surface area contributed by atoms with E-state index in [1.165, 1.54) is 0 Å². The van der Waals surface area contributed by atoms with Crippen LogP contribution in [0.5, 0.6) is 0 Å². The molecule has 1 aliphatic rings. The van der Waals surface area contributed by atoms with Crippen molar-refractivity contribution >= 4 is 6.09 Å². The number of aryl methyl sites for hydroxylation is 1. The van der Waals surface area contributed by atoms with E-state index in [1.807, 2.05) is 40.2 Å². The van der Waals surface area contributed by atoms with Crippen molar-refractivity contribution in [3.8, 4) is 0 Å². The normalized spacial score (nSPS) is 23.3. The summed E-state index contributed by atoms with van der Waals surface area (Å²) in [5.41, 5.74) is 0.694. The summed E-state index contributed by atoms with van der Waals surface area (Å²) < 4.78 is 7.15. The van der Waals surface area contributed by atoms with Crippen molar-refractivity contribution in [3.63, 3.8) is 0 Å². The summed E-state index contributed by atoms with van der Waals surface area (Å²) in [5.74, 6) is 0. The number of hydrogen-bond acceptors (Lipinski definition) is 4. The SMILES string of the molecule is CC(NC1CCCC1NC(=O)OC(C)(C)C)c1cnn(C)c1. The van der Waals surface area contributed by atoms with Gasteiger partial charge in [-0.2, -0.15) is 5.10 Å². The minimum Gasteiger partial charge on any atom is -0.444 e. The molecule has 6 nitrogen and oxygen atoms in total. The molecule has 2 N–H and O–H groups in total. The Kier molecular flexibility index (Phi) is 5.11. The first-order chi connectivity index (χ1) is 10.2. The smallest absolute Gasteiger partial charge is 0.407 e. The first-order valence-electron chi connectivity index (χ1n) is 7.99. The van der Waals surface area contributed by atoms with Gasteiger partial charge in [0.25, 0.3) is 0 Å². The Balaban J connectivity index is 1.89. The Hall–Kier alpha value is -1.56. The molecule has 0 aromatic carbocycles. The zero-order valence-corrected chi connectivity index (χ0v) is 14.2. The molecule has 22 heavy (non-hydrogen) atoms. The Bertz CT molecular complexity index is 506. The van der Waals surface area contributed by atoms with Gasteiger partial charge in [0.15, 0.2) is 0 Å². The van der Waals surface area contributed by atoms with E-state index in [9.17, 15) is 4.79 Å². The lowest BCUT2D eigenvalue weighted by molar-refractivity contribution is 0.0497. The summed E-state index contributed by atoms with van der Waals surface area (Å²) in [6, 6.07) is 0.594. The molecule has 0 bridgehead atoms. The van der Waals surface area contributed by atoms with Gasteiger partial charge >= 0.3 is 6.09 Å². The van der Waals surface area contributed by atoms with E-state index < -0.39 is 5.60 Å². The summed E-state index contributed by atoms with van der Waals surface area (Å²) in [5, 5.41) is 10.8. The summed E-state index contributed by atoms with van der Waals surface area (Å²) >= 11 is 0. The minimum atomic E-state index is -0.464. The van der Waals surface area contributed by atoms with Gasteiger partial charge in [0, 0.05) is 36.9 Å². The Morgan fingerprint density at radius 2 is 2.09 bits per heavy atom. The number of carbonyl (C=O) groups excluding carboxylic acids is 1. The number of nitrogens with zero attached hydrogens (tertiary/aromatic N) is 2. The van der Waals surface area contributed by atoms with E-state index in [2.05, 4.69) is 22.7 Å².